The predicted molar refractivity (Wildman–Crippen MR) is 123 cm³/mol. The van der Waals surface area contributed by atoms with Gasteiger partial charge in [0.1, 0.15) is 12.2 Å². The van der Waals surface area contributed by atoms with Crippen molar-refractivity contribution in [2.75, 3.05) is 13.2 Å². The van der Waals surface area contributed by atoms with Crippen LogP contribution in [0.3, 0.4) is 0 Å². The van der Waals surface area contributed by atoms with Crippen LogP contribution in [-0.2, 0) is 18.9 Å². The Hall–Kier alpha value is -3.03. The summed E-state index contributed by atoms with van der Waals surface area (Å²) in [6, 6.07) is 30.1. The molecule has 6 atom stereocenters. The van der Waals surface area contributed by atoms with E-state index in [1.165, 1.54) is 0 Å². The Bertz CT molecular complexity index is 1020. The lowest BCUT2D eigenvalue weighted by molar-refractivity contribution is -0.278. The van der Waals surface area contributed by atoms with E-state index in [1.807, 2.05) is 97.2 Å². The van der Waals surface area contributed by atoms with Gasteiger partial charge in [0.2, 0.25) is 0 Å². The van der Waals surface area contributed by atoms with E-state index in [0.717, 1.165) is 16.7 Å². The lowest BCUT2D eigenvalue weighted by Crippen LogP contribution is -2.47. The SMILES string of the molecule is C(=N\N1[C@H]2COC(c3ccccc3)O[C@H]2[C@@H]2OC(c3ccccc3)OC[C@@H]21)/c1ccccc1. The molecule has 168 valence electrons. The van der Waals surface area contributed by atoms with E-state index in [4.69, 9.17) is 24.0 Å². The van der Waals surface area contributed by atoms with Crippen LogP contribution in [-0.4, -0.2) is 48.7 Å². The molecule has 3 aliphatic heterocycles. The van der Waals surface area contributed by atoms with E-state index < -0.39 is 12.6 Å². The van der Waals surface area contributed by atoms with E-state index >= 15 is 0 Å². The molecule has 3 heterocycles. The van der Waals surface area contributed by atoms with Crippen molar-refractivity contribution in [1.82, 2.24) is 5.01 Å². The number of hydrazone groups is 1. The van der Waals surface area contributed by atoms with Gasteiger partial charge < -0.3 is 18.9 Å². The van der Waals surface area contributed by atoms with Crippen LogP contribution in [0.25, 0.3) is 0 Å². The average molecular weight is 443 g/mol. The maximum absolute atomic E-state index is 6.51. The summed E-state index contributed by atoms with van der Waals surface area (Å²) >= 11 is 0. The second kappa shape index (κ2) is 9.08. The molecule has 6 nitrogen and oxygen atoms in total. The first kappa shape index (κ1) is 20.6. The van der Waals surface area contributed by atoms with Crippen LogP contribution < -0.4 is 0 Å². The summed E-state index contributed by atoms with van der Waals surface area (Å²) in [5, 5.41) is 6.91. The minimum absolute atomic E-state index is 0.0574. The third-order valence-corrected chi connectivity index (χ3v) is 6.44. The van der Waals surface area contributed by atoms with E-state index in [0.29, 0.717) is 13.2 Å². The molecule has 33 heavy (non-hydrogen) atoms. The zero-order valence-corrected chi connectivity index (χ0v) is 18.1. The van der Waals surface area contributed by atoms with Gasteiger partial charge in [-0.1, -0.05) is 91.0 Å². The molecule has 3 fully saturated rings. The summed E-state index contributed by atoms with van der Waals surface area (Å²) in [4.78, 5) is 0. The molecule has 3 aromatic rings. The maximum atomic E-state index is 6.51. The average Bonchev–Trinajstić information content (AvgIpc) is 3.21. The van der Waals surface area contributed by atoms with Gasteiger partial charge >= 0.3 is 0 Å². The summed E-state index contributed by atoms with van der Waals surface area (Å²) in [5.41, 5.74) is 3.05. The van der Waals surface area contributed by atoms with Crippen LogP contribution in [0.15, 0.2) is 96.1 Å². The quantitative estimate of drug-likeness (QED) is 0.564. The molecular weight excluding hydrogens is 416 g/mol. The van der Waals surface area contributed by atoms with Gasteiger partial charge in [-0.25, -0.2) is 0 Å². The van der Waals surface area contributed by atoms with Crippen molar-refractivity contribution in [3.05, 3.63) is 108 Å². The fourth-order valence-electron chi connectivity index (χ4n) is 4.81. The van der Waals surface area contributed by atoms with Gasteiger partial charge in [0, 0.05) is 11.1 Å². The number of hydrogen-bond acceptors (Lipinski definition) is 6. The fourth-order valence-corrected chi connectivity index (χ4v) is 4.81. The van der Waals surface area contributed by atoms with Crippen LogP contribution in [0.1, 0.15) is 29.3 Å². The van der Waals surface area contributed by atoms with Gasteiger partial charge in [0.05, 0.1) is 31.5 Å². The molecular formula is C27H26N2O4. The lowest BCUT2D eigenvalue weighted by Gasteiger charge is -2.37. The summed E-state index contributed by atoms with van der Waals surface area (Å²) in [5.74, 6) is 0. The first-order valence-corrected chi connectivity index (χ1v) is 11.4. The Balaban J connectivity index is 1.28. The first-order valence-electron chi connectivity index (χ1n) is 11.4. The van der Waals surface area contributed by atoms with E-state index in [2.05, 4.69) is 5.01 Å². The number of rotatable bonds is 4. The molecule has 6 rings (SSSR count). The minimum atomic E-state index is -0.423. The van der Waals surface area contributed by atoms with E-state index in [-0.39, 0.29) is 24.3 Å². The monoisotopic (exact) mass is 442 g/mol. The molecule has 0 bridgehead atoms. The minimum Gasteiger partial charge on any atom is -0.346 e. The van der Waals surface area contributed by atoms with Gasteiger partial charge in [0.15, 0.2) is 12.6 Å². The van der Waals surface area contributed by atoms with Crippen molar-refractivity contribution in [1.29, 1.82) is 0 Å². The number of benzene rings is 3. The van der Waals surface area contributed by atoms with Crippen molar-refractivity contribution in [2.24, 2.45) is 5.10 Å². The molecule has 3 aromatic carbocycles. The van der Waals surface area contributed by atoms with E-state index in [1.54, 1.807) is 0 Å². The molecule has 0 N–H and O–H groups in total. The first-order chi connectivity index (χ1) is 16.4. The Morgan fingerprint density at radius 3 is 1.58 bits per heavy atom. The van der Waals surface area contributed by atoms with Crippen LogP contribution in [0, 0.1) is 0 Å². The van der Waals surface area contributed by atoms with E-state index in [9.17, 15) is 0 Å². The van der Waals surface area contributed by atoms with Gasteiger partial charge in [-0.2, -0.15) is 5.10 Å². The Morgan fingerprint density at radius 1 is 0.636 bits per heavy atom. The molecule has 0 saturated carbocycles. The normalized spacial score (nSPS) is 31.3. The van der Waals surface area contributed by atoms with Gasteiger partial charge in [0.25, 0.3) is 0 Å². The predicted octanol–water partition coefficient (Wildman–Crippen LogP) is 4.30. The lowest BCUT2D eigenvalue weighted by atomic mass is 10.0. The van der Waals surface area contributed by atoms with Crippen molar-refractivity contribution in [3.8, 4) is 0 Å². The summed E-state index contributed by atoms with van der Waals surface area (Å²) < 4.78 is 25.3. The molecule has 0 aliphatic carbocycles. The smallest absolute Gasteiger partial charge is 0.184 e. The van der Waals surface area contributed by atoms with Crippen LogP contribution in [0.5, 0.6) is 0 Å². The molecule has 0 radical (unpaired) electrons. The van der Waals surface area contributed by atoms with Gasteiger partial charge in [-0.15, -0.1) is 0 Å². The second-order valence-electron chi connectivity index (χ2n) is 8.52. The third-order valence-electron chi connectivity index (χ3n) is 6.44. The molecule has 3 aliphatic rings. The molecule has 0 amide bonds. The highest BCUT2D eigenvalue weighted by molar-refractivity contribution is 5.79. The highest BCUT2D eigenvalue weighted by Crippen LogP contribution is 2.42. The molecule has 6 heteroatoms. The molecule has 3 saturated heterocycles. The summed E-state index contributed by atoms with van der Waals surface area (Å²) in [6.07, 6.45) is 0.668. The number of nitrogens with zero attached hydrogens (tertiary/aromatic N) is 2. The topological polar surface area (TPSA) is 52.5 Å². The summed E-state index contributed by atoms with van der Waals surface area (Å²) in [6.45, 7) is 1.01. The van der Waals surface area contributed by atoms with Crippen molar-refractivity contribution in [3.63, 3.8) is 0 Å². The number of hydrogen-bond donors (Lipinski definition) is 0. The van der Waals surface area contributed by atoms with Gasteiger partial charge in [-0.05, 0) is 5.56 Å². The number of fused-ring (bicyclic) bond motifs is 3. The molecule has 2 unspecified atom stereocenters. The van der Waals surface area contributed by atoms with Crippen molar-refractivity contribution in [2.45, 2.75) is 36.9 Å². The standard InChI is InChI=1S/C27H26N2O4/c1-4-10-19(11-5-1)16-28-29-22-17-30-26(20-12-6-2-7-13-20)32-24(22)25-23(29)18-31-27(33-25)21-14-8-3-9-15-21/h1-16,22-27H,17-18H2/b28-16+/t22-,23-,24+,25+,26?,27?/m0/s1. The highest BCUT2D eigenvalue weighted by atomic mass is 16.7. The van der Waals surface area contributed by atoms with Crippen LogP contribution in [0.2, 0.25) is 0 Å². The maximum Gasteiger partial charge on any atom is 0.184 e. The summed E-state index contributed by atoms with van der Waals surface area (Å²) in [7, 11) is 0. The highest BCUT2D eigenvalue weighted by Gasteiger charge is 2.56. The Morgan fingerprint density at radius 2 is 1.09 bits per heavy atom. The fraction of sp³-hybridized carbons (Fsp3) is 0.296. The second-order valence-corrected chi connectivity index (χ2v) is 8.52. The zero-order valence-electron chi connectivity index (χ0n) is 18.1. The molecule has 0 spiro atoms. The molecule has 0 aromatic heterocycles. The van der Waals surface area contributed by atoms with Crippen molar-refractivity contribution < 1.29 is 18.9 Å². The van der Waals surface area contributed by atoms with Gasteiger partial charge in [-0.3, -0.25) is 5.01 Å². The zero-order chi connectivity index (χ0) is 22.0. The van der Waals surface area contributed by atoms with Crippen molar-refractivity contribution >= 4 is 6.21 Å². The Kier molecular flexibility index (Phi) is 5.66. The largest absolute Gasteiger partial charge is 0.346 e. The van der Waals surface area contributed by atoms with Crippen LogP contribution in [0.4, 0.5) is 0 Å². The number of ether oxygens (including phenoxy) is 4. The third kappa shape index (κ3) is 4.07. The van der Waals surface area contributed by atoms with Crippen LogP contribution >= 0.6 is 0 Å². The Labute approximate surface area is 193 Å².